The summed E-state index contributed by atoms with van der Waals surface area (Å²) < 4.78 is 0. The molecule has 0 saturated carbocycles. The van der Waals surface area contributed by atoms with Crippen molar-refractivity contribution in [3.05, 3.63) is 78.3 Å². The highest BCUT2D eigenvalue weighted by Crippen LogP contribution is 2.21. The van der Waals surface area contributed by atoms with E-state index in [0.717, 1.165) is 18.5 Å². The predicted molar refractivity (Wildman–Crippen MR) is 95.2 cm³/mol. The first-order chi connectivity index (χ1) is 11.2. The maximum absolute atomic E-state index is 9.78. The van der Waals surface area contributed by atoms with Gasteiger partial charge >= 0.3 is 0 Å². The Morgan fingerprint density at radius 3 is 2.61 bits per heavy atom. The third-order valence-corrected chi connectivity index (χ3v) is 4.40. The molecule has 0 fully saturated rings. The minimum atomic E-state index is -0.419. The Labute approximate surface area is 137 Å². The van der Waals surface area contributed by atoms with Crippen LogP contribution in [0.4, 0.5) is 0 Å². The molecule has 3 aromatic rings. The van der Waals surface area contributed by atoms with Crippen molar-refractivity contribution >= 4 is 10.9 Å². The summed E-state index contributed by atoms with van der Waals surface area (Å²) >= 11 is 0. The van der Waals surface area contributed by atoms with Crippen LogP contribution in [0, 0.1) is 6.42 Å². The Balaban J connectivity index is 1.58. The number of aromatic nitrogens is 1. The van der Waals surface area contributed by atoms with Gasteiger partial charge in [-0.05, 0) is 43.5 Å². The van der Waals surface area contributed by atoms with Gasteiger partial charge in [-0.1, -0.05) is 48.5 Å². The monoisotopic (exact) mass is 307 g/mol. The first-order valence-corrected chi connectivity index (χ1v) is 8.01. The Hall–Kier alpha value is -2.10. The van der Waals surface area contributed by atoms with Crippen molar-refractivity contribution < 1.29 is 5.11 Å². The summed E-state index contributed by atoms with van der Waals surface area (Å²) in [4.78, 5) is 3.30. The Kier molecular flexibility index (Phi) is 4.79. The third-order valence-electron chi connectivity index (χ3n) is 4.40. The summed E-state index contributed by atoms with van der Waals surface area (Å²) in [5, 5.41) is 14.5. The molecule has 2 aromatic carbocycles. The molecule has 0 spiro atoms. The maximum atomic E-state index is 9.78. The molecule has 1 radical (unpaired) electrons. The molecule has 119 valence electrons. The number of hydrogen-bond acceptors (Lipinski definition) is 2. The number of hydrogen-bond donors (Lipinski definition) is 3. The molecule has 0 saturated heterocycles. The molecule has 23 heavy (non-hydrogen) atoms. The molecule has 3 rings (SSSR count). The van der Waals surface area contributed by atoms with Crippen LogP contribution in [0.15, 0.2) is 60.8 Å². The molecule has 1 atom stereocenters. The number of aliphatic hydroxyl groups excluding tert-OH is 1. The lowest BCUT2D eigenvalue weighted by Crippen LogP contribution is -2.43. The average Bonchev–Trinajstić information content (AvgIpc) is 3.02. The zero-order valence-electron chi connectivity index (χ0n) is 13.4. The average molecular weight is 307 g/mol. The van der Waals surface area contributed by atoms with E-state index in [1.54, 1.807) is 0 Å². The molecule has 1 aromatic heterocycles. The van der Waals surface area contributed by atoms with Crippen LogP contribution in [-0.2, 0) is 12.0 Å². The second kappa shape index (κ2) is 6.99. The summed E-state index contributed by atoms with van der Waals surface area (Å²) in [5.74, 6) is 0. The van der Waals surface area contributed by atoms with Gasteiger partial charge in [-0.25, -0.2) is 0 Å². The van der Waals surface area contributed by atoms with Crippen molar-refractivity contribution in [2.45, 2.75) is 18.9 Å². The van der Waals surface area contributed by atoms with Gasteiger partial charge in [0.05, 0.1) is 12.1 Å². The van der Waals surface area contributed by atoms with Crippen molar-refractivity contribution in [2.24, 2.45) is 0 Å². The van der Waals surface area contributed by atoms with E-state index in [4.69, 9.17) is 0 Å². The van der Waals surface area contributed by atoms with Crippen molar-refractivity contribution in [2.75, 3.05) is 13.2 Å². The van der Waals surface area contributed by atoms with Gasteiger partial charge in [0, 0.05) is 17.1 Å². The lowest BCUT2D eigenvalue weighted by Gasteiger charge is -2.29. The number of fused-ring (bicyclic) bond motifs is 1. The molecule has 3 nitrogen and oxygen atoms in total. The van der Waals surface area contributed by atoms with Crippen molar-refractivity contribution in [1.82, 2.24) is 10.3 Å². The quantitative estimate of drug-likeness (QED) is 0.586. The number of nitrogens with one attached hydrogen (secondary N) is 2. The van der Waals surface area contributed by atoms with Crippen LogP contribution in [0.1, 0.15) is 18.1 Å². The van der Waals surface area contributed by atoms with Gasteiger partial charge in [0.2, 0.25) is 0 Å². The SMILES string of the molecule is CC(CO)(NC[CH]Cc1c[nH]c2ccccc12)c1ccccc1. The predicted octanol–water partition coefficient (Wildman–Crippen LogP) is 3.41. The summed E-state index contributed by atoms with van der Waals surface area (Å²) in [7, 11) is 0. The Bertz CT molecular complexity index is 750. The topological polar surface area (TPSA) is 48.0 Å². The fourth-order valence-electron chi connectivity index (χ4n) is 2.88. The van der Waals surface area contributed by atoms with Crippen LogP contribution in [0.5, 0.6) is 0 Å². The van der Waals surface area contributed by atoms with Gasteiger partial charge in [0.1, 0.15) is 0 Å². The van der Waals surface area contributed by atoms with Gasteiger partial charge in [0.15, 0.2) is 0 Å². The molecule has 0 amide bonds. The zero-order chi connectivity index (χ0) is 16.1. The Morgan fingerprint density at radius 1 is 1.09 bits per heavy atom. The first kappa shape index (κ1) is 15.8. The lowest BCUT2D eigenvalue weighted by atomic mass is 9.92. The molecular formula is C20H23N2O. The molecule has 1 unspecified atom stereocenters. The highest BCUT2D eigenvalue weighted by Gasteiger charge is 2.24. The van der Waals surface area contributed by atoms with Crippen molar-refractivity contribution in [1.29, 1.82) is 0 Å². The molecule has 0 aliphatic rings. The molecule has 1 heterocycles. The number of aromatic amines is 1. The number of rotatable bonds is 7. The summed E-state index contributed by atoms with van der Waals surface area (Å²) in [5.41, 5.74) is 3.15. The van der Waals surface area contributed by atoms with Crippen LogP contribution >= 0.6 is 0 Å². The molecule has 3 N–H and O–H groups in total. The van der Waals surface area contributed by atoms with Gasteiger partial charge in [-0.2, -0.15) is 0 Å². The summed E-state index contributed by atoms with van der Waals surface area (Å²) in [6.07, 6.45) is 5.18. The number of benzene rings is 2. The highest BCUT2D eigenvalue weighted by atomic mass is 16.3. The van der Waals surface area contributed by atoms with Crippen molar-refractivity contribution in [3.63, 3.8) is 0 Å². The van der Waals surface area contributed by atoms with Gasteiger partial charge in [0.25, 0.3) is 0 Å². The fourth-order valence-corrected chi connectivity index (χ4v) is 2.88. The summed E-state index contributed by atoms with van der Waals surface area (Å²) in [6, 6.07) is 18.4. The van der Waals surface area contributed by atoms with E-state index >= 15 is 0 Å². The van der Waals surface area contributed by atoms with Gasteiger partial charge in [-0.3, -0.25) is 0 Å². The van der Waals surface area contributed by atoms with Crippen LogP contribution in [0.25, 0.3) is 10.9 Å². The van der Waals surface area contributed by atoms with E-state index in [9.17, 15) is 5.11 Å². The van der Waals surface area contributed by atoms with Gasteiger partial charge < -0.3 is 15.4 Å². The number of para-hydroxylation sites is 1. The lowest BCUT2D eigenvalue weighted by molar-refractivity contribution is 0.178. The highest BCUT2D eigenvalue weighted by molar-refractivity contribution is 5.83. The number of aliphatic hydroxyl groups is 1. The zero-order valence-corrected chi connectivity index (χ0v) is 13.4. The van der Waals surface area contributed by atoms with Crippen LogP contribution in [-0.4, -0.2) is 23.2 Å². The normalized spacial score (nSPS) is 14.0. The van der Waals surface area contributed by atoms with Crippen LogP contribution in [0.2, 0.25) is 0 Å². The third kappa shape index (κ3) is 3.46. The second-order valence-electron chi connectivity index (χ2n) is 6.09. The Morgan fingerprint density at radius 2 is 1.83 bits per heavy atom. The first-order valence-electron chi connectivity index (χ1n) is 8.01. The second-order valence-corrected chi connectivity index (χ2v) is 6.09. The standard InChI is InChI=1S/C20H23N2O/c1-20(15-23,17-9-3-2-4-10-17)22-13-7-8-16-14-21-19-12-6-5-11-18(16)19/h2-7,9-12,14,21-23H,8,13,15H2,1H3. The minimum absolute atomic E-state index is 0.0674. The smallest absolute Gasteiger partial charge is 0.0652 e. The molecule has 3 heteroatoms. The van der Waals surface area contributed by atoms with Crippen molar-refractivity contribution in [3.8, 4) is 0 Å². The fraction of sp³-hybridized carbons (Fsp3) is 0.250. The van der Waals surface area contributed by atoms with E-state index in [1.165, 1.54) is 16.5 Å². The van der Waals surface area contributed by atoms with Crippen LogP contribution in [0.3, 0.4) is 0 Å². The molecular weight excluding hydrogens is 284 g/mol. The minimum Gasteiger partial charge on any atom is -0.394 e. The van der Waals surface area contributed by atoms with E-state index in [0.29, 0.717) is 0 Å². The largest absolute Gasteiger partial charge is 0.394 e. The molecule has 0 bridgehead atoms. The number of H-pyrrole nitrogens is 1. The maximum Gasteiger partial charge on any atom is 0.0652 e. The molecule has 0 aliphatic carbocycles. The van der Waals surface area contributed by atoms with E-state index < -0.39 is 5.54 Å². The summed E-state index contributed by atoms with van der Waals surface area (Å²) in [6.45, 7) is 2.84. The molecule has 0 aliphatic heterocycles. The van der Waals surface area contributed by atoms with E-state index in [2.05, 4.69) is 41.1 Å². The van der Waals surface area contributed by atoms with Crippen LogP contribution < -0.4 is 5.32 Å². The van der Waals surface area contributed by atoms with E-state index in [-0.39, 0.29) is 6.61 Å². The van der Waals surface area contributed by atoms with E-state index in [1.807, 2.05) is 43.3 Å². The van der Waals surface area contributed by atoms with Gasteiger partial charge in [-0.15, -0.1) is 0 Å².